The summed E-state index contributed by atoms with van der Waals surface area (Å²) in [4.78, 5) is 4.75. The number of nitriles is 1. The van der Waals surface area contributed by atoms with Crippen LogP contribution >= 0.6 is 0 Å². The van der Waals surface area contributed by atoms with Crippen molar-refractivity contribution < 1.29 is 4.42 Å². The first kappa shape index (κ1) is 38.3. The van der Waals surface area contributed by atoms with Crippen molar-refractivity contribution in [1.82, 2.24) is 18.3 Å². The molecule has 0 saturated carbocycles. The molecule has 0 amide bonds. The van der Waals surface area contributed by atoms with E-state index in [0.717, 1.165) is 120 Å². The number of para-hydroxylation sites is 7. The Morgan fingerprint density at radius 2 is 0.829 bits per heavy atom. The van der Waals surface area contributed by atoms with Crippen molar-refractivity contribution >= 4 is 115 Å². The third kappa shape index (κ3) is 4.89. The molecular formula is C63H36N6O. The molecule has 5 aromatic heterocycles. The highest BCUT2D eigenvalue weighted by Crippen LogP contribution is 2.52. The zero-order valence-corrected chi connectivity index (χ0v) is 37.6. The Hall–Kier alpha value is -9.82. The molecule has 0 fully saturated rings. The molecule has 0 aliphatic heterocycles. The van der Waals surface area contributed by atoms with E-state index in [0.29, 0.717) is 28.3 Å². The van der Waals surface area contributed by atoms with Crippen LogP contribution in [0.1, 0.15) is 11.1 Å². The molecule has 15 aromatic rings. The highest BCUT2D eigenvalue weighted by Gasteiger charge is 2.35. The van der Waals surface area contributed by atoms with Crippen molar-refractivity contribution in [3.63, 3.8) is 0 Å². The number of benzene rings is 10. The lowest BCUT2D eigenvalue weighted by molar-refractivity contribution is 0.669. The smallest absolute Gasteiger partial charge is 0.237 e. The molecule has 0 aliphatic carbocycles. The van der Waals surface area contributed by atoms with Gasteiger partial charge in [-0.05, 0) is 73.7 Å². The number of hydrogen-bond donors (Lipinski definition) is 0. The monoisotopic (exact) mass is 892 g/mol. The van der Waals surface area contributed by atoms with Crippen LogP contribution in [0.4, 0.5) is 5.69 Å². The normalized spacial score (nSPS) is 12.0. The number of furan rings is 1. The highest BCUT2D eigenvalue weighted by atomic mass is 16.3. The van der Waals surface area contributed by atoms with Crippen LogP contribution in [0.5, 0.6) is 0 Å². The van der Waals surface area contributed by atoms with E-state index in [9.17, 15) is 11.8 Å². The van der Waals surface area contributed by atoms with Gasteiger partial charge in [-0.25, -0.2) is 4.85 Å². The highest BCUT2D eigenvalue weighted by molar-refractivity contribution is 6.25. The molecule has 0 spiro atoms. The van der Waals surface area contributed by atoms with Crippen molar-refractivity contribution in [3.8, 4) is 28.8 Å². The van der Waals surface area contributed by atoms with Crippen molar-refractivity contribution in [2.75, 3.05) is 0 Å². The standard InChI is InChI=1S/C63H36N6O/c1-37-31-33-54-46(35-37)44-32-34-56-57(45-23-9-16-30-55(45)70-56)59(44)69(54)60-47(36-64)61(66-48-24-10-3-17-38(48)39-18-4-11-25-49(39)66)63(68-52-28-14-7-21-42(52)43-22-8-15-29-53(43)68)62(58(60)65-2)67-50-26-12-5-19-40(50)41-20-6-13-27-51(41)67/h3-35H,1H3. The van der Waals surface area contributed by atoms with Gasteiger partial charge >= 0.3 is 0 Å². The molecule has 7 nitrogen and oxygen atoms in total. The van der Waals surface area contributed by atoms with Crippen LogP contribution in [0.2, 0.25) is 0 Å². The molecule has 5 heterocycles. The van der Waals surface area contributed by atoms with Crippen molar-refractivity contribution in [3.05, 3.63) is 223 Å². The van der Waals surface area contributed by atoms with E-state index in [1.165, 1.54) is 0 Å². The Bertz CT molecular complexity index is 4570. The van der Waals surface area contributed by atoms with Crippen LogP contribution in [0.3, 0.4) is 0 Å². The van der Waals surface area contributed by atoms with Crippen LogP contribution in [0.15, 0.2) is 205 Å². The van der Waals surface area contributed by atoms with Gasteiger partial charge in [-0.15, -0.1) is 0 Å². The second-order valence-electron chi connectivity index (χ2n) is 18.2. The molecule has 0 aliphatic rings. The summed E-state index contributed by atoms with van der Waals surface area (Å²) < 4.78 is 15.8. The van der Waals surface area contributed by atoms with E-state index in [1.54, 1.807) is 0 Å². The fourth-order valence-electron chi connectivity index (χ4n) is 11.9. The summed E-state index contributed by atoms with van der Waals surface area (Å²) in [6, 6.07) is 72.6. The van der Waals surface area contributed by atoms with Gasteiger partial charge in [0.15, 0.2) is 0 Å². The van der Waals surface area contributed by atoms with Crippen molar-refractivity contribution in [1.29, 1.82) is 5.26 Å². The average Bonchev–Trinajstić information content (AvgIpc) is 4.21. The predicted molar refractivity (Wildman–Crippen MR) is 287 cm³/mol. The number of aromatic nitrogens is 4. The summed E-state index contributed by atoms with van der Waals surface area (Å²) in [6.07, 6.45) is 0. The molecule has 0 saturated heterocycles. The molecule has 0 atom stereocenters. The zero-order valence-electron chi connectivity index (χ0n) is 37.6. The number of nitrogens with zero attached hydrogens (tertiary/aromatic N) is 6. The topological polar surface area (TPSA) is 61.0 Å². The second-order valence-corrected chi connectivity index (χ2v) is 18.2. The zero-order chi connectivity index (χ0) is 46.4. The number of fused-ring (bicyclic) bond motifs is 16. The molecule has 0 N–H and O–H groups in total. The van der Waals surface area contributed by atoms with E-state index >= 15 is 0 Å². The molecule has 0 unspecified atom stereocenters. The Morgan fingerprint density at radius 3 is 1.31 bits per heavy atom. The molecule has 324 valence electrons. The molecule has 7 heteroatoms. The Balaban J connectivity index is 1.30. The van der Waals surface area contributed by atoms with E-state index in [-0.39, 0.29) is 0 Å². The van der Waals surface area contributed by atoms with E-state index < -0.39 is 0 Å². The number of hydrogen-bond acceptors (Lipinski definition) is 2. The minimum absolute atomic E-state index is 0.341. The van der Waals surface area contributed by atoms with Crippen LogP contribution in [-0.4, -0.2) is 18.3 Å². The predicted octanol–water partition coefficient (Wildman–Crippen LogP) is 16.7. The molecule has 10 aromatic carbocycles. The maximum absolute atomic E-state index is 12.5. The molecule has 0 radical (unpaired) electrons. The van der Waals surface area contributed by atoms with Crippen LogP contribution in [-0.2, 0) is 0 Å². The van der Waals surface area contributed by atoms with Gasteiger partial charge in [0, 0.05) is 48.5 Å². The van der Waals surface area contributed by atoms with Crippen molar-refractivity contribution in [2.24, 2.45) is 0 Å². The lowest BCUT2D eigenvalue weighted by Crippen LogP contribution is -2.14. The lowest BCUT2D eigenvalue weighted by Gasteiger charge is -2.27. The van der Waals surface area contributed by atoms with E-state index in [4.69, 9.17) is 9.26 Å². The third-order valence-electron chi connectivity index (χ3n) is 14.7. The minimum Gasteiger partial charge on any atom is -0.456 e. The summed E-state index contributed by atoms with van der Waals surface area (Å²) in [6.45, 7) is 11.9. The van der Waals surface area contributed by atoms with Gasteiger partial charge in [0.25, 0.3) is 0 Å². The number of rotatable bonds is 4. The first-order valence-electron chi connectivity index (χ1n) is 23.5. The molecular weight excluding hydrogens is 857 g/mol. The molecule has 0 bridgehead atoms. The van der Waals surface area contributed by atoms with Crippen LogP contribution in [0.25, 0.3) is 137 Å². The first-order valence-corrected chi connectivity index (χ1v) is 23.5. The molecule has 15 rings (SSSR count). The Morgan fingerprint density at radius 1 is 0.400 bits per heavy atom. The first-order chi connectivity index (χ1) is 34.6. The summed E-state index contributed by atoms with van der Waals surface area (Å²) in [7, 11) is 0. The van der Waals surface area contributed by atoms with Crippen LogP contribution < -0.4 is 0 Å². The number of aryl methyl sites for hydroxylation is 1. The maximum Gasteiger partial charge on any atom is 0.237 e. The third-order valence-corrected chi connectivity index (χ3v) is 14.7. The fraction of sp³-hybridized carbons (Fsp3) is 0.0159. The van der Waals surface area contributed by atoms with E-state index in [2.05, 4.69) is 213 Å². The average molecular weight is 893 g/mol. The molecule has 70 heavy (non-hydrogen) atoms. The lowest BCUT2D eigenvalue weighted by atomic mass is 10.0. The van der Waals surface area contributed by atoms with Gasteiger partial charge in [-0.1, -0.05) is 139 Å². The summed E-state index contributed by atoms with van der Waals surface area (Å²) in [5, 5.41) is 22.8. The Kier molecular flexibility index (Phi) is 7.72. The van der Waals surface area contributed by atoms with Gasteiger partial charge in [-0.3, -0.25) is 0 Å². The van der Waals surface area contributed by atoms with Crippen molar-refractivity contribution in [2.45, 2.75) is 6.92 Å². The summed E-state index contributed by atoms with van der Waals surface area (Å²) in [5.74, 6) is 0. The van der Waals surface area contributed by atoms with Gasteiger partial charge in [0.1, 0.15) is 17.2 Å². The largest absolute Gasteiger partial charge is 0.456 e. The van der Waals surface area contributed by atoms with Gasteiger partial charge < -0.3 is 22.7 Å². The quantitative estimate of drug-likeness (QED) is 0.165. The van der Waals surface area contributed by atoms with E-state index in [1.807, 2.05) is 18.2 Å². The summed E-state index contributed by atoms with van der Waals surface area (Å²) in [5.41, 5.74) is 13.3. The van der Waals surface area contributed by atoms with Gasteiger partial charge in [0.05, 0.1) is 84.4 Å². The van der Waals surface area contributed by atoms with Crippen LogP contribution in [0, 0.1) is 24.8 Å². The fourth-order valence-corrected chi connectivity index (χ4v) is 11.9. The minimum atomic E-state index is 0.341. The van der Waals surface area contributed by atoms with Gasteiger partial charge in [-0.2, -0.15) is 5.26 Å². The SMILES string of the molecule is [C-]#[N+]c1c(-n2c3ccccc3c3ccccc32)c(-n2c3ccccc3c3ccccc32)c(-n2c3ccccc3c3ccccc32)c(C#N)c1-n1c2ccc(C)cc2c2ccc3oc4ccccc4c3c21. The van der Waals surface area contributed by atoms with Gasteiger partial charge in [0.2, 0.25) is 5.69 Å². The Labute approximate surface area is 399 Å². The second kappa shape index (κ2) is 14.1. The summed E-state index contributed by atoms with van der Waals surface area (Å²) >= 11 is 0. The maximum atomic E-state index is 12.5.